The Bertz CT molecular complexity index is 361. The lowest BCUT2D eigenvalue weighted by atomic mass is 9.75. The maximum absolute atomic E-state index is 11.2. The molecule has 2 aliphatic rings. The molecule has 1 aliphatic heterocycles. The largest absolute Gasteiger partial charge is 0.509 e. The number of rotatable bonds is 1. The van der Waals surface area contributed by atoms with Crippen LogP contribution in [0.4, 0.5) is 4.79 Å². The van der Waals surface area contributed by atoms with E-state index in [4.69, 9.17) is 9.47 Å². The summed E-state index contributed by atoms with van der Waals surface area (Å²) in [5, 5.41) is 0. The first-order chi connectivity index (χ1) is 6.99. The smallest absolute Gasteiger partial charge is 0.426 e. The zero-order chi connectivity index (χ0) is 11.2. The van der Waals surface area contributed by atoms with Crippen molar-refractivity contribution in [3.05, 3.63) is 21.8 Å². The van der Waals surface area contributed by atoms with E-state index in [9.17, 15) is 4.79 Å². The minimum absolute atomic E-state index is 0.132. The Kier molecular flexibility index (Phi) is 2.56. The molecule has 0 radical (unpaired) electrons. The fourth-order valence-corrected chi connectivity index (χ4v) is 3.31. The second kappa shape index (κ2) is 3.50. The fraction of sp³-hybridized carbons (Fsp3) is 0.545. The van der Waals surface area contributed by atoms with Crippen molar-refractivity contribution in [3.8, 4) is 0 Å². The lowest BCUT2D eigenvalue weighted by molar-refractivity contribution is 0.00580. The molecule has 0 saturated carbocycles. The number of hydrogen-bond donors (Lipinski definition) is 0. The van der Waals surface area contributed by atoms with E-state index in [0.29, 0.717) is 0 Å². The van der Waals surface area contributed by atoms with Crippen LogP contribution < -0.4 is 0 Å². The number of carbonyl (C=O) groups is 1. The Morgan fingerprint density at radius 1 is 1.67 bits per heavy atom. The summed E-state index contributed by atoms with van der Waals surface area (Å²) in [6.45, 7) is 7.78. The Labute approximate surface area is 103 Å². The third-order valence-electron chi connectivity index (χ3n) is 3.41. The number of carbonyl (C=O) groups excluding carboxylic acids is 1. The van der Waals surface area contributed by atoms with E-state index in [1.165, 1.54) is 3.58 Å². The van der Waals surface area contributed by atoms with Crippen molar-refractivity contribution in [2.45, 2.75) is 32.0 Å². The molecule has 15 heavy (non-hydrogen) atoms. The van der Waals surface area contributed by atoms with Crippen LogP contribution >= 0.6 is 22.6 Å². The molecule has 3 atom stereocenters. The van der Waals surface area contributed by atoms with Gasteiger partial charge in [-0.05, 0) is 38.7 Å². The minimum atomic E-state index is -0.552. The molecule has 0 bridgehead atoms. The molecular weight excluding hydrogens is 307 g/mol. The van der Waals surface area contributed by atoms with Gasteiger partial charge in [-0.25, -0.2) is 4.79 Å². The van der Waals surface area contributed by atoms with Crippen LogP contribution in [0.3, 0.4) is 0 Å². The average molecular weight is 320 g/mol. The third-order valence-corrected chi connectivity index (χ3v) is 4.47. The molecule has 0 N–H and O–H groups in total. The molecular formula is C11H13IO3. The van der Waals surface area contributed by atoms with Crippen LogP contribution in [0.2, 0.25) is 0 Å². The summed E-state index contributed by atoms with van der Waals surface area (Å²) in [5.41, 5.74) is 0.627. The Balaban J connectivity index is 2.42. The summed E-state index contributed by atoms with van der Waals surface area (Å²) in [6, 6.07) is 0. The highest BCUT2D eigenvalue weighted by molar-refractivity contribution is 14.1. The molecule has 0 unspecified atom stereocenters. The van der Waals surface area contributed by atoms with Crippen LogP contribution in [0, 0.1) is 5.92 Å². The highest BCUT2D eigenvalue weighted by atomic mass is 127. The number of allylic oxidation sites excluding steroid dienone is 1. The number of ether oxygens (including phenoxy) is 2. The molecule has 0 spiro atoms. The van der Waals surface area contributed by atoms with Gasteiger partial charge in [0.2, 0.25) is 0 Å². The molecule has 3 nitrogen and oxygen atoms in total. The van der Waals surface area contributed by atoms with Crippen LogP contribution in [-0.4, -0.2) is 17.9 Å². The fourth-order valence-electron chi connectivity index (χ4n) is 2.23. The normalized spacial score (nSPS) is 39.5. The van der Waals surface area contributed by atoms with Crippen LogP contribution in [0.5, 0.6) is 0 Å². The van der Waals surface area contributed by atoms with Gasteiger partial charge in [0.1, 0.15) is 6.10 Å². The maximum Gasteiger partial charge on any atom is 0.509 e. The van der Waals surface area contributed by atoms with Gasteiger partial charge in [0.15, 0.2) is 5.60 Å². The van der Waals surface area contributed by atoms with Gasteiger partial charge in [-0.2, -0.15) is 0 Å². The predicted molar refractivity (Wildman–Crippen MR) is 64.8 cm³/mol. The van der Waals surface area contributed by atoms with Gasteiger partial charge in [-0.1, -0.05) is 19.6 Å². The summed E-state index contributed by atoms with van der Waals surface area (Å²) in [7, 11) is 0. The molecule has 1 heterocycles. The molecule has 0 aromatic rings. The summed E-state index contributed by atoms with van der Waals surface area (Å²) in [5.74, 6) is 0.132. The monoisotopic (exact) mass is 320 g/mol. The molecule has 1 saturated heterocycles. The zero-order valence-electron chi connectivity index (χ0n) is 8.75. The first-order valence-corrected chi connectivity index (χ1v) is 5.97. The van der Waals surface area contributed by atoms with E-state index >= 15 is 0 Å². The number of halogens is 1. The molecule has 82 valence electrons. The van der Waals surface area contributed by atoms with Gasteiger partial charge in [0, 0.05) is 12.3 Å². The van der Waals surface area contributed by atoms with Crippen molar-refractivity contribution in [1.82, 2.24) is 0 Å². The van der Waals surface area contributed by atoms with Gasteiger partial charge in [0.25, 0.3) is 0 Å². The van der Waals surface area contributed by atoms with Crippen LogP contribution in [0.25, 0.3) is 0 Å². The van der Waals surface area contributed by atoms with Gasteiger partial charge in [0.05, 0.1) is 0 Å². The van der Waals surface area contributed by atoms with E-state index in [1.54, 1.807) is 0 Å². The van der Waals surface area contributed by atoms with Crippen LogP contribution in [0.1, 0.15) is 20.3 Å². The lowest BCUT2D eigenvalue weighted by Crippen LogP contribution is -2.46. The standard InChI is InChI=1S/C11H13IO3/c1-4-7-6(2)11(3)9(5-8(7)12)14-10(13)15-11/h4,6,9H,1,5H2,2-3H3/t6-,9-,11+/m1/s1. The minimum Gasteiger partial charge on any atom is -0.426 e. The summed E-state index contributed by atoms with van der Waals surface area (Å²) < 4.78 is 11.7. The third kappa shape index (κ3) is 1.49. The van der Waals surface area contributed by atoms with Crippen molar-refractivity contribution < 1.29 is 14.3 Å². The van der Waals surface area contributed by atoms with E-state index in [0.717, 1.165) is 12.0 Å². The van der Waals surface area contributed by atoms with Gasteiger partial charge < -0.3 is 9.47 Å². The first-order valence-electron chi connectivity index (χ1n) is 4.89. The average Bonchev–Trinajstić information content (AvgIpc) is 2.43. The SMILES string of the molecule is C=CC1=C(I)C[C@H]2OC(=O)O[C@@]2(C)[C@@H]1C. The van der Waals surface area contributed by atoms with Gasteiger partial charge in [-0.15, -0.1) is 0 Å². The quantitative estimate of drug-likeness (QED) is 0.550. The topological polar surface area (TPSA) is 35.5 Å². The second-order valence-corrected chi connectivity index (χ2v) is 5.43. The van der Waals surface area contributed by atoms with Crippen molar-refractivity contribution in [1.29, 1.82) is 0 Å². The lowest BCUT2D eigenvalue weighted by Gasteiger charge is -2.37. The van der Waals surface area contributed by atoms with Crippen LogP contribution in [-0.2, 0) is 9.47 Å². The Morgan fingerprint density at radius 2 is 2.33 bits per heavy atom. The number of hydrogen-bond acceptors (Lipinski definition) is 3. The Hall–Kier alpha value is -0.520. The first kappa shape index (κ1) is 11.0. The summed E-state index contributed by atoms with van der Waals surface area (Å²) in [6.07, 6.45) is 1.87. The second-order valence-electron chi connectivity index (χ2n) is 4.13. The van der Waals surface area contributed by atoms with Gasteiger partial charge in [-0.3, -0.25) is 0 Å². The predicted octanol–water partition coefficient (Wildman–Crippen LogP) is 3.20. The molecule has 0 amide bonds. The van der Waals surface area contributed by atoms with Crippen molar-refractivity contribution >= 4 is 28.7 Å². The van der Waals surface area contributed by atoms with E-state index in [-0.39, 0.29) is 12.0 Å². The molecule has 0 aromatic carbocycles. The maximum atomic E-state index is 11.2. The summed E-state index contributed by atoms with van der Waals surface area (Å²) in [4.78, 5) is 11.2. The van der Waals surface area contributed by atoms with Crippen molar-refractivity contribution in [2.75, 3.05) is 0 Å². The van der Waals surface area contributed by atoms with E-state index in [2.05, 4.69) is 29.2 Å². The molecule has 4 heteroatoms. The van der Waals surface area contributed by atoms with Gasteiger partial charge >= 0.3 is 6.16 Å². The highest BCUT2D eigenvalue weighted by Gasteiger charge is 2.54. The van der Waals surface area contributed by atoms with Crippen LogP contribution in [0.15, 0.2) is 21.8 Å². The molecule has 1 fully saturated rings. The highest BCUT2D eigenvalue weighted by Crippen LogP contribution is 2.47. The zero-order valence-corrected chi connectivity index (χ0v) is 10.9. The molecule has 2 rings (SSSR count). The van der Waals surface area contributed by atoms with E-state index in [1.807, 2.05) is 19.9 Å². The molecule has 1 aliphatic carbocycles. The Morgan fingerprint density at radius 3 is 2.93 bits per heavy atom. The van der Waals surface area contributed by atoms with Crippen molar-refractivity contribution in [2.24, 2.45) is 5.92 Å². The molecule has 0 aromatic heterocycles. The van der Waals surface area contributed by atoms with Crippen molar-refractivity contribution in [3.63, 3.8) is 0 Å². The number of fused-ring (bicyclic) bond motifs is 1. The van der Waals surface area contributed by atoms with E-state index < -0.39 is 11.8 Å². The summed E-state index contributed by atoms with van der Waals surface area (Å²) >= 11 is 2.29.